The van der Waals surface area contributed by atoms with Crippen LogP contribution in [0.5, 0.6) is 5.75 Å². The fraction of sp³-hybridized carbons (Fsp3) is 0.467. The minimum Gasteiger partial charge on any atom is -0.488 e. The second kappa shape index (κ2) is 7.05. The first kappa shape index (κ1) is 12.9. The molecule has 0 radical (unpaired) electrons. The fourth-order valence-electron chi connectivity index (χ4n) is 1.83. The van der Waals surface area contributed by atoms with Gasteiger partial charge in [0.05, 0.1) is 13.2 Å². The molecule has 1 unspecified atom stereocenters. The average molecular weight is 246 g/mol. The van der Waals surface area contributed by atoms with E-state index in [4.69, 9.17) is 14.6 Å². The lowest BCUT2D eigenvalue weighted by atomic mass is 10.1. The van der Waals surface area contributed by atoms with Gasteiger partial charge in [0.25, 0.3) is 0 Å². The van der Waals surface area contributed by atoms with Gasteiger partial charge in [-0.05, 0) is 37.1 Å². The van der Waals surface area contributed by atoms with Crippen molar-refractivity contribution in [1.82, 2.24) is 0 Å². The second-order valence-electron chi connectivity index (χ2n) is 4.26. The highest BCUT2D eigenvalue weighted by Crippen LogP contribution is 2.17. The zero-order chi connectivity index (χ0) is 12.6. The molecular formula is C15H18O3. The third-order valence-corrected chi connectivity index (χ3v) is 2.75. The van der Waals surface area contributed by atoms with Crippen molar-refractivity contribution in [2.24, 2.45) is 0 Å². The minimum atomic E-state index is 0.107. The molecule has 1 aliphatic heterocycles. The molecule has 0 aromatic heterocycles. The van der Waals surface area contributed by atoms with Crippen molar-refractivity contribution in [2.45, 2.75) is 25.4 Å². The standard InChI is InChI=1S/C15H18O3/c16-10-2-1-4-13-6-8-14(9-7-13)18-15-5-3-11-17-12-15/h6-9,15-16H,2-3,5,10-12H2. The van der Waals surface area contributed by atoms with Crippen molar-refractivity contribution in [3.63, 3.8) is 0 Å². The van der Waals surface area contributed by atoms with Crippen LogP contribution in [-0.4, -0.2) is 31.0 Å². The topological polar surface area (TPSA) is 38.7 Å². The van der Waals surface area contributed by atoms with Crippen molar-refractivity contribution in [2.75, 3.05) is 19.8 Å². The van der Waals surface area contributed by atoms with E-state index in [0.29, 0.717) is 13.0 Å². The smallest absolute Gasteiger partial charge is 0.122 e. The largest absolute Gasteiger partial charge is 0.488 e. The molecule has 0 aliphatic carbocycles. The normalized spacial score (nSPS) is 18.8. The third-order valence-electron chi connectivity index (χ3n) is 2.75. The maximum Gasteiger partial charge on any atom is 0.122 e. The Hall–Kier alpha value is -1.50. The van der Waals surface area contributed by atoms with Gasteiger partial charge in [0, 0.05) is 18.6 Å². The minimum absolute atomic E-state index is 0.107. The molecule has 3 nitrogen and oxygen atoms in total. The fourth-order valence-corrected chi connectivity index (χ4v) is 1.83. The number of ether oxygens (including phenoxy) is 2. The van der Waals surface area contributed by atoms with E-state index in [1.165, 1.54) is 0 Å². The quantitative estimate of drug-likeness (QED) is 0.829. The first-order valence-corrected chi connectivity index (χ1v) is 6.32. The molecule has 1 aromatic rings. The highest BCUT2D eigenvalue weighted by molar-refractivity contribution is 5.38. The lowest BCUT2D eigenvalue weighted by Gasteiger charge is -2.23. The zero-order valence-electron chi connectivity index (χ0n) is 10.4. The molecule has 1 aromatic carbocycles. The Kier molecular flexibility index (Phi) is 5.07. The van der Waals surface area contributed by atoms with Crippen molar-refractivity contribution >= 4 is 0 Å². The van der Waals surface area contributed by atoms with Crippen LogP contribution in [0.1, 0.15) is 24.8 Å². The number of hydrogen-bond donors (Lipinski definition) is 1. The van der Waals surface area contributed by atoms with Crippen LogP contribution in [0.3, 0.4) is 0 Å². The van der Waals surface area contributed by atoms with Crippen LogP contribution >= 0.6 is 0 Å². The van der Waals surface area contributed by atoms with Crippen LogP contribution in [0.25, 0.3) is 0 Å². The SMILES string of the molecule is OCCC#Cc1ccc(OC2CCCOC2)cc1. The van der Waals surface area contributed by atoms with Gasteiger partial charge in [-0.15, -0.1) is 0 Å². The number of benzene rings is 1. The molecule has 1 atom stereocenters. The number of aliphatic hydroxyl groups is 1. The van der Waals surface area contributed by atoms with Crippen molar-refractivity contribution in [1.29, 1.82) is 0 Å². The van der Waals surface area contributed by atoms with E-state index >= 15 is 0 Å². The summed E-state index contributed by atoms with van der Waals surface area (Å²) in [5.74, 6) is 6.74. The maximum atomic E-state index is 8.64. The Bertz CT molecular complexity index is 408. The molecule has 1 fully saturated rings. The summed E-state index contributed by atoms with van der Waals surface area (Å²) in [4.78, 5) is 0. The molecule has 18 heavy (non-hydrogen) atoms. The van der Waals surface area contributed by atoms with Gasteiger partial charge in [-0.2, -0.15) is 0 Å². The lowest BCUT2D eigenvalue weighted by molar-refractivity contribution is 0.00743. The summed E-state index contributed by atoms with van der Waals surface area (Å²) in [5.41, 5.74) is 0.940. The monoisotopic (exact) mass is 246 g/mol. The van der Waals surface area contributed by atoms with E-state index in [9.17, 15) is 0 Å². The summed E-state index contributed by atoms with van der Waals surface area (Å²) < 4.78 is 11.2. The van der Waals surface area contributed by atoms with E-state index in [1.54, 1.807) is 0 Å². The van der Waals surface area contributed by atoms with Crippen molar-refractivity contribution in [3.05, 3.63) is 29.8 Å². The second-order valence-corrected chi connectivity index (χ2v) is 4.26. The maximum absolute atomic E-state index is 8.64. The Morgan fingerprint density at radius 3 is 2.83 bits per heavy atom. The summed E-state index contributed by atoms with van der Waals surface area (Å²) in [7, 11) is 0. The van der Waals surface area contributed by atoms with E-state index < -0.39 is 0 Å². The Balaban J connectivity index is 1.89. The predicted octanol–water partition coefficient (Wildman–Crippen LogP) is 1.98. The predicted molar refractivity (Wildman–Crippen MR) is 69.5 cm³/mol. The van der Waals surface area contributed by atoms with E-state index in [1.807, 2.05) is 24.3 Å². The molecule has 1 aliphatic rings. The summed E-state index contributed by atoms with van der Waals surface area (Å²) in [6.45, 7) is 1.63. The number of rotatable bonds is 3. The van der Waals surface area contributed by atoms with Gasteiger partial charge in [-0.1, -0.05) is 11.8 Å². The third kappa shape index (κ3) is 4.06. The van der Waals surface area contributed by atoms with Crippen LogP contribution in [-0.2, 0) is 4.74 Å². The van der Waals surface area contributed by atoms with E-state index in [-0.39, 0.29) is 12.7 Å². The summed E-state index contributed by atoms with van der Waals surface area (Å²) in [6, 6.07) is 7.72. The summed E-state index contributed by atoms with van der Waals surface area (Å²) in [5, 5.41) is 8.64. The molecule has 0 bridgehead atoms. The van der Waals surface area contributed by atoms with Gasteiger partial charge in [-0.3, -0.25) is 0 Å². The van der Waals surface area contributed by atoms with Crippen molar-refractivity contribution in [3.8, 4) is 17.6 Å². The van der Waals surface area contributed by atoms with Gasteiger partial charge in [0.2, 0.25) is 0 Å². The van der Waals surface area contributed by atoms with Gasteiger partial charge in [0.1, 0.15) is 11.9 Å². The summed E-state index contributed by atoms with van der Waals surface area (Å²) >= 11 is 0. The molecule has 1 saturated heterocycles. The number of hydrogen-bond acceptors (Lipinski definition) is 3. The molecule has 0 saturated carbocycles. The Morgan fingerprint density at radius 1 is 1.33 bits per heavy atom. The van der Waals surface area contributed by atoms with Crippen LogP contribution in [0.4, 0.5) is 0 Å². The average Bonchev–Trinajstić information content (AvgIpc) is 2.42. The molecule has 96 valence electrons. The van der Waals surface area contributed by atoms with E-state index in [0.717, 1.165) is 30.8 Å². The van der Waals surface area contributed by atoms with Gasteiger partial charge in [0.15, 0.2) is 0 Å². The van der Waals surface area contributed by atoms with Gasteiger partial charge in [-0.25, -0.2) is 0 Å². The van der Waals surface area contributed by atoms with Crippen LogP contribution in [0.15, 0.2) is 24.3 Å². The van der Waals surface area contributed by atoms with Gasteiger partial charge >= 0.3 is 0 Å². The molecule has 2 rings (SSSR count). The van der Waals surface area contributed by atoms with Gasteiger partial charge < -0.3 is 14.6 Å². The highest BCUT2D eigenvalue weighted by atomic mass is 16.5. The molecule has 1 heterocycles. The molecule has 3 heteroatoms. The van der Waals surface area contributed by atoms with E-state index in [2.05, 4.69) is 11.8 Å². The van der Waals surface area contributed by atoms with Crippen LogP contribution in [0.2, 0.25) is 0 Å². The Labute approximate surface area is 108 Å². The first-order valence-electron chi connectivity index (χ1n) is 6.32. The highest BCUT2D eigenvalue weighted by Gasteiger charge is 2.14. The molecule has 0 amide bonds. The van der Waals surface area contributed by atoms with Crippen LogP contribution < -0.4 is 4.74 Å². The first-order chi connectivity index (χ1) is 8.88. The van der Waals surface area contributed by atoms with Crippen LogP contribution in [0, 0.1) is 11.8 Å². The molecule has 0 spiro atoms. The lowest BCUT2D eigenvalue weighted by Crippen LogP contribution is -2.27. The Morgan fingerprint density at radius 2 is 2.17 bits per heavy atom. The zero-order valence-corrected chi connectivity index (χ0v) is 10.4. The molecular weight excluding hydrogens is 228 g/mol. The number of aliphatic hydroxyl groups excluding tert-OH is 1. The van der Waals surface area contributed by atoms with Crippen molar-refractivity contribution < 1.29 is 14.6 Å². The molecule has 1 N–H and O–H groups in total. The summed E-state index contributed by atoms with van der Waals surface area (Å²) in [6.07, 6.45) is 2.80.